The molecular weight excluding hydrogens is 877 g/mol. The van der Waals surface area contributed by atoms with E-state index in [0.29, 0.717) is 19.3 Å². The van der Waals surface area contributed by atoms with Crippen LogP contribution in [0.5, 0.6) is 0 Å². The molecule has 0 aromatic heterocycles. The van der Waals surface area contributed by atoms with E-state index in [1.165, 1.54) is 109 Å². The summed E-state index contributed by atoms with van der Waals surface area (Å²) < 4.78 is 16.9. The molecule has 0 rings (SSSR count). The van der Waals surface area contributed by atoms with Crippen molar-refractivity contribution in [3.8, 4) is 0 Å². The second-order valence-electron chi connectivity index (χ2n) is 19.5. The van der Waals surface area contributed by atoms with Crippen molar-refractivity contribution in [3.63, 3.8) is 0 Å². The third-order valence-corrected chi connectivity index (χ3v) is 12.5. The second-order valence-corrected chi connectivity index (χ2v) is 19.5. The first-order chi connectivity index (χ1) is 35.0. The molecule has 0 radical (unpaired) electrons. The Morgan fingerprint density at radius 1 is 0.296 bits per heavy atom. The van der Waals surface area contributed by atoms with Crippen LogP contribution in [0, 0.1) is 0 Å². The summed E-state index contributed by atoms with van der Waals surface area (Å²) in [5.74, 6) is -0.914. The second kappa shape index (κ2) is 58.9. The smallest absolute Gasteiger partial charge is 0.306 e. The Balaban J connectivity index is 4.41. The molecule has 0 saturated carbocycles. The molecule has 0 heterocycles. The molecule has 0 saturated heterocycles. The van der Waals surface area contributed by atoms with Gasteiger partial charge in [0.15, 0.2) is 6.10 Å². The average molecular weight is 988 g/mol. The molecule has 0 fully saturated rings. The zero-order chi connectivity index (χ0) is 51.4. The molecule has 0 aromatic rings. The van der Waals surface area contributed by atoms with Crippen LogP contribution in [0.2, 0.25) is 0 Å². The van der Waals surface area contributed by atoms with Crippen LogP contribution in [0.3, 0.4) is 0 Å². The van der Waals surface area contributed by atoms with Gasteiger partial charge >= 0.3 is 17.9 Å². The number of rotatable bonds is 53. The van der Waals surface area contributed by atoms with Gasteiger partial charge in [-0.15, -0.1) is 0 Å². The van der Waals surface area contributed by atoms with E-state index in [2.05, 4.69) is 118 Å². The van der Waals surface area contributed by atoms with Gasteiger partial charge in [0, 0.05) is 19.3 Å². The first kappa shape index (κ1) is 67.3. The van der Waals surface area contributed by atoms with Crippen LogP contribution in [0.25, 0.3) is 0 Å². The van der Waals surface area contributed by atoms with Crippen molar-refractivity contribution < 1.29 is 28.6 Å². The van der Waals surface area contributed by atoms with Crippen LogP contribution in [0.15, 0.2) is 97.2 Å². The molecule has 406 valence electrons. The largest absolute Gasteiger partial charge is 0.462 e. The van der Waals surface area contributed by atoms with E-state index in [1.807, 2.05) is 0 Å². The number of esters is 3. The lowest BCUT2D eigenvalue weighted by Gasteiger charge is -2.18. The van der Waals surface area contributed by atoms with Gasteiger partial charge in [-0.2, -0.15) is 0 Å². The Morgan fingerprint density at radius 3 is 0.901 bits per heavy atom. The van der Waals surface area contributed by atoms with E-state index in [1.54, 1.807) is 0 Å². The van der Waals surface area contributed by atoms with Gasteiger partial charge in [-0.25, -0.2) is 0 Å². The average Bonchev–Trinajstić information content (AvgIpc) is 3.37. The number of allylic oxidation sites excluding steroid dienone is 16. The lowest BCUT2D eigenvalue weighted by molar-refractivity contribution is -0.167. The molecule has 6 heteroatoms. The standard InChI is InChI=1S/C65H110O6/c1-4-7-10-13-16-19-22-25-28-30-32-33-34-36-37-40-43-46-49-52-55-58-64(67)70-61-62(60-69-63(66)57-54-51-48-45-42-39-27-24-21-18-15-12-9-6-3)71-65(68)59-56-53-50-47-44-41-38-35-31-29-26-23-20-17-14-11-8-5-2/h7,10,15-16,18-20,23-25,27-29,31-33,62H,4-6,8-9,11-14,17,21-22,26,30,34-61H2,1-3H3/b10-7-,18-15-,19-16-,23-20-,27-24-,28-25-,31-29-,33-32-. The van der Waals surface area contributed by atoms with E-state index in [-0.39, 0.29) is 31.1 Å². The monoisotopic (exact) mass is 987 g/mol. The van der Waals surface area contributed by atoms with Crippen LogP contribution in [0.1, 0.15) is 278 Å². The SMILES string of the molecule is CC/C=C\C/C=C\C/C=C\C/C=C\CCCCCCCCCCC(=O)OCC(COC(=O)CCCCCCC/C=C\C/C=C\CCCC)OC(=O)CCCCCCCCC/C=C\C/C=C\CCCCCC. The van der Waals surface area contributed by atoms with Crippen molar-refractivity contribution in [1.82, 2.24) is 0 Å². The molecule has 6 nitrogen and oxygen atoms in total. The van der Waals surface area contributed by atoms with E-state index in [4.69, 9.17) is 14.2 Å². The number of unbranched alkanes of at least 4 members (excludes halogenated alkanes) is 26. The zero-order valence-electron chi connectivity index (χ0n) is 46.5. The van der Waals surface area contributed by atoms with Gasteiger partial charge < -0.3 is 14.2 Å². The van der Waals surface area contributed by atoms with Crippen molar-refractivity contribution in [2.24, 2.45) is 0 Å². The minimum absolute atomic E-state index is 0.0899. The van der Waals surface area contributed by atoms with Gasteiger partial charge in [-0.05, 0) is 116 Å². The minimum atomic E-state index is -0.793. The molecule has 1 unspecified atom stereocenters. The molecule has 1 atom stereocenters. The molecular formula is C65H110O6. The van der Waals surface area contributed by atoms with Gasteiger partial charge in [0.25, 0.3) is 0 Å². The van der Waals surface area contributed by atoms with E-state index in [0.717, 1.165) is 128 Å². The number of hydrogen-bond acceptors (Lipinski definition) is 6. The lowest BCUT2D eigenvalue weighted by Crippen LogP contribution is -2.30. The summed E-state index contributed by atoms with van der Waals surface area (Å²) in [5.41, 5.74) is 0. The van der Waals surface area contributed by atoms with Crippen LogP contribution in [0.4, 0.5) is 0 Å². The third kappa shape index (κ3) is 57.1. The highest BCUT2D eigenvalue weighted by Crippen LogP contribution is 2.15. The molecule has 0 N–H and O–H groups in total. The van der Waals surface area contributed by atoms with Gasteiger partial charge in [0.05, 0.1) is 0 Å². The normalized spacial score (nSPS) is 12.8. The molecule has 0 amide bonds. The summed E-state index contributed by atoms with van der Waals surface area (Å²) in [4.78, 5) is 38.2. The maximum absolute atomic E-state index is 12.9. The highest BCUT2D eigenvalue weighted by molar-refractivity contribution is 5.71. The Labute approximate surface area is 438 Å². The van der Waals surface area contributed by atoms with Crippen molar-refractivity contribution >= 4 is 17.9 Å². The van der Waals surface area contributed by atoms with Crippen molar-refractivity contribution in [2.75, 3.05) is 13.2 Å². The number of hydrogen-bond donors (Lipinski definition) is 0. The summed E-state index contributed by atoms with van der Waals surface area (Å²) in [7, 11) is 0. The summed E-state index contributed by atoms with van der Waals surface area (Å²) in [5, 5.41) is 0. The predicted molar refractivity (Wildman–Crippen MR) is 307 cm³/mol. The van der Waals surface area contributed by atoms with Crippen LogP contribution < -0.4 is 0 Å². The highest BCUT2D eigenvalue weighted by atomic mass is 16.6. The van der Waals surface area contributed by atoms with Crippen molar-refractivity contribution in [1.29, 1.82) is 0 Å². The van der Waals surface area contributed by atoms with E-state index in [9.17, 15) is 14.4 Å². The van der Waals surface area contributed by atoms with Crippen molar-refractivity contribution in [2.45, 2.75) is 284 Å². The predicted octanol–water partition coefficient (Wildman–Crippen LogP) is 20.1. The zero-order valence-corrected chi connectivity index (χ0v) is 46.5. The Morgan fingerprint density at radius 2 is 0.563 bits per heavy atom. The summed E-state index contributed by atoms with van der Waals surface area (Å²) in [6.07, 6.45) is 78.2. The van der Waals surface area contributed by atoms with Crippen LogP contribution in [-0.4, -0.2) is 37.2 Å². The number of carbonyl (C=O) groups excluding carboxylic acids is 3. The highest BCUT2D eigenvalue weighted by Gasteiger charge is 2.19. The Hall–Kier alpha value is -3.67. The third-order valence-electron chi connectivity index (χ3n) is 12.5. The first-order valence-electron chi connectivity index (χ1n) is 29.7. The summed E-state index contributed by atoms with van der Waals surface area (Å²) in [6.45, 7) is 6.46. The molecule has 71 heavy (non-hydrogen) atoms. The Kier molecular flexibility index (Phi) is 55.9. The fraction of sp³-hybridized carbons (Fsp3) is 0.708. The Bertz CT molecular complexity index is 1410. The molecule has 0 aliphatic heterocycles. The fourth-order valence-electron chi connectivity index (χ4n) is 8.07. The summed E-state index contributed by atoms with van der Waals surface area (Å²) >= 11 is 0. The maximum Gasteiger partial charge on any atom is 0.306 e. The van der Waals surface area contributed by atoms with Crippen molar-refractivity contribution in [3.05, 3.63) is 97.2 Å². The molecule has 0 aliphatic rings. The lowest BCUT2D eigenvalue weighted by atomic mass is 10.1. The topological polar surface area (TPSA) is 78.9 Å². The van der Waals surface area contributed by atoms with Gasteiger partial charge in [0.2, 0.25) is 0 Å². The number of ether oxygens (including phenoxy) is 3. The van der Waals surface area contributed by atoms with Crippen LogP contribution >= 0.6 is 0 Å². The summed E-state index contributed by atoms with van der Waals surface area (Å²) in [6, 6.07) is 0. The van der Waals surface area contributed by atoms with Gasteiger partial charge in [-0.1, -0.05) is 240 Å². The van der Waals surface area contributed by atoms with Crippen LogP contribution in [-0.2, 0) is 28.6 Å². The molecule has 0 aromatic carbocycles. The fourth-order valence-corrected chi connectivity index (χ4v) is 8.07. The molecule has 0 aliphatic carbocycles. The van der Waals surface area contributed by atoms with E-state index < -0.39 is 6.10 Å². The first-order valence-corrected chi connectivity index (χ1v) is 29.7. The number of carbonyl (C=O) groups is 3. The molecule has 0 bridgehead atoms. The molecule has 0 spiro atoms. The maximum atomic E-state index is 12.9. The quantitative estimate of drug-likeness (QED) is 0.0261. The van der Waals surface area contributed by atoms with Gasteiger partial charge in [0.1, 0.15) is 13.2 Å². The van der Waals surface area contributed by atoms with Gasteiger partial charge in [-0.3, -0.25) is 14.4 Å². The van der Waals surface area contributed by atoms with E-state index >= 15 is 0 Å². The minimum Gasteiger partial charge on any atom is -0.462 e.